The van der Waals surface area contributed by atoms with E-state index in [0.29, 0.717) is 22.5 Å². The van der Waals surface area contributed by atoms with E-state index >= 15 is 0 Å². The van der Waals surface area contributed by atoms with Crippen molar-refractivity contribution in [2.45, 2.75) is 27.7 Å². The minimum absolute atomic E-state index is 0.223. The van der Waals surface area contributed by atoms with Crippen LogP contribution in [0.25, 0.3) is 44.3 Å². The van der Waals surface area contributed by atoms with E-state index in [1.54, 1.807) is 24.3 Å². The quantitative estimate of drug-likeness (QED) is 0.192. The van der Waals surface area contributed by atoms with Gasteiger partial charge in [-0.3, -0.25) is 9.59 Å². The normalized spacial score (nSPS) is 11.1. The molecule has 2 heterocycles. The van der Waals surface area contributed by atoms with Gasteiger partial charge in [-0.05, 0) is 75.2 Å². The van der Waals surface area contributed by atoms with Gasteiger partial charge in [0.05, 0.1) is 33.5 Å². The molecule has 48 heavy (non-hydrogen) atoms. The summed E-state index contributed by atoms with van der Waals surface area (Å²) in [6.07, 6.45) is 0. The molecule has 0 radical (unpaired) electrons. The van der Waals surface area contributed by atoms with Gasteiger partial charge >= 0.3 is 0 Å². The third-order valence-corrected chi connectivity index (χ3v) is 8.78. The molecule has 2 amide bonds. The van der Waals surface area contributed by atoms with Crippen molar-refractivity contribution in [3.05, 3.63) is 155 Å². The summed E-state index contributed by atoms with van der Waals surface area (Å²) in [5, 5.41) is 7.71. The van der Waals surface area contributed by atoms with E-state index in [1.165, 1.54) is 0 Å². The first-order valence-electron chi connectivity index (χ1n) is 15.9. The number of hydrogen-bond donors (Lipinski definition) is 2. The lowest BCUT2D eigenvalue weighted by Crippen LogP contribution is -2.16. The highest BCUT2D eigenvalue weighted by Crippen LogP contribution is 2.32. The zero-order chi connectivity index (χ0) is 33.4. The highest BCUT2D eigenvalue weighted by Gasteiger charge is 2.21. The van der Waals surface area contributed by atoms with Crippen LogP contribution in [-0.4, -0.2) is 21.8 Å². The molecule has 7 rings (SSSR count). The maximum absolute atomic E-state index is 13.8. The Morgan fingerprint density at radius 1 is 0.458 bits per heavy atom. The van der Waals surface area contributed by atoms with Crippen molar-refractivity contribution in [2.24, 2.45) is 0 Å². The first-order valence-corrected chi connectivity index (χ1v) is 15.9. The topological polar surface area (TPSA) is 84.0 Å². The number of carbonyl (C=O) groups is 2. The fourth-order valence-corrected chi connectivity index (χ4v) is 6.21. The lowest BCUT2D eigenvalue weighted by atomic mass is 9.96. The summed E-state index contributed by atoms with van der Waals surface area (Å²) in [7, 11) is 0. The van der Waals surface area contributed by atoms with Gasteiger partial charge in [-0.15, -0.1) is 0 Å². The van der Waals surface area contributed by atoms with Gasteiger partial charge in [-0.25, -0.2) is 9.97 Å². The predicted molar refractivity (Wildman–Crippen MR) is 196 cm³/mol. The fraction of sp³-hybridized carbons (Fsp3) is 0.0952. The summed E-state index contributed by atoms with van der Waals surface area (Å²) < 4.78 is 0. The molecule has 0 aliphatic carbocycles. The maximum Gasteiger partial charge on any atom is 0.256 e. The van der Waals surface area contributed by atoms with Gasteiger partial charge in [0, 0.05) is 33.3 Å². The SMILES string of the molecule is Cc1ccc(-c2nc3ccccc3c(C(=O)Nc3ccc(NC(=O)c4c(C)c(-c5ccc(C)cc5)nc5ccccc45)cc3)c2C)cc1. The van der Waals surface area contributed by atoms with Gasteiger partial charge in [0.25, 0.3) is 11.8 Å². The summed E-state index contributed by atoms with van der Waals surface area (Å²) >= 11 is 0. The van der Waals surface area contributed by atoms with Gasteiger partial charge < -0.3 is 10.6 Å². The Hall–Kier alpha value is -6.14. The Kier molecular flexibility index (Phi) is 7.99. The number of nitrogens with one attached hydrogen (secondary N) is 2. The fourth-order valence-electron chi connectivity index (χ4n) is 6.21. The van der Waals surface area contributed by atoms with E-state index in [2.05, 4.69) is 10.6 Å². The smallest absolute Gasteiger partial charge is 0.256 e. The summed E-state index contributed by atoms with van der Waals surface area (Å²) in [4.78, 5) is 37.5. The van der Waals surface area contributed by atoms with Crippen LogP contribution < -0.4 is 10.6 Å². The number of pyridine rings is 2. The second kappa shape index (κ2) is 12.6. The molecule has 0 saturated carbocycles. The van der Waals surface area contributed by atoms with Gasteiger partial charge in [-0.1, -0.05) is 96.1 Å². The van der Waals surface area contributed by atoms with Crippen LogP contribution in [0.15, 0.2) is 121 Å². The van der Waals surface area contributed by atoms with Crippen LogP contribution in [-0.2, 0) is 0 Å². The summed E-state index contributed by atoms with van der Waals surface area (Å²) in [5.74, 6) is -0.447. The number of benzene rings is 5. The van der Waals surface area contributed by atoms with E-state index in [0.717, 1.165) is 66.6 Å². The van der Waals surface area contributed by atoms with Crippen LogP contribution in [0.2, 0.25) is 0 Å². The largest absolute Gasteiger partial charge is 0.322 e. The van der Waals surface area contributed by atoms with Crippen LogP contribution in [0.4, 0.5) is 11.4 Å². The van der Waals surface area contributed by atoms with Gasteiger partial charge in [0.2, 0.25) is 0 Å². The zero-order valence-corrected chi connectivity index (χ0v) is 27.3. The molecule has 2 N–H and O–H groups in total. The highest BCUT2D eigenvalue weighted by molar-refractivity contribution is 6.16. The van der Waals surface area contributed by atoms with Crippen molar-refractivity contribution in [1.29, 1.82) is 0 Å². The molecule has 7 aromatic rings. The average Bonchev–Trinajstić information content (AvgIpc) is 3.09. The van der Waals surface area contributed by atoms with Crippen LogP contribution in [0, 0.1) is 27.7 Å². The maximum atomic E-state index is 13.8. The molecule has 0 fully saturated rings. The first-order chi connectivity index (χ1) is 23.3. The van der Waals surface area contributed by atoms with Crippen molar-refractivity contribution >= 4 is 45.0 Å². The summed E-state index contributed by atoms with van der Waals surface area (Å²) in [5.41, 5.74) is 11.3. The summed E-state index contributed by atoms with van der Waals surface area (Å²) in [6.45, 7) is 7.98. The third kappa shape index (κ3) is 5.80. The monoisotopic (exact) mass is 626 g/mol. The molecule has 5 aromatic carbocycles. The minimum atomic E-state index is -0.223. The van der Waals surface area contributed by atoms with E-state index in [4.69, 9.17) is 9.97 Å². The van der Waals surface area contributed by atoms with Crippen LogP contribution in [0.5, 0.6) is 0 Å². The Balaban J connectivity index is 1.16. The number of aryl methyl sites for hydroxylation is 2. The molecule has 0 aliphatic rings. The molecule has 0 unspecified atom stereocenters. The third-order valence-electron chi connectivity index (χ3n) is 8.78. The molecule has 6 heteroatoms. The standard InChI is InChI=1S/C42H34N4O2/c1-25-13-17-29(18-14-25)39-27(3)37(33-9-5-7-11-35(33)45-39)41(47)43-31-21-23-32(24-22-31)44-42(48)38-28(4)40(30-19-15-26(2)16-20-30)46-36-12-8-6-10-34(36)38/h5-24H,1-4H3,(H,43,47)(H,44,48). The number of carbonyl (C=O) groups excluding carboxylic acids is 2. The molecule has 0 atom stereocenters. The average molecular weight is 627 g/mol. The molecule has 234 valence electrons. The number of aromatic nitrogens is 2. The van der Waals surface area contributed by atoms with Crippen molar-refractivity contribution in [3.63, 3.8) is 0 Å². The van der Waals surface area contributed by atoms with Crippen molar-refractivity contribution < 1.29 is 9.59 Å². The zero-order valence-electron chi connectivity index (χ0n) is 27.3. The van der Waals surface area contributed by atoms with Crippen LogP contribution in [0.1, 0.15) is 43.0 Å². The van der Waals surface area contributed by atoms with Crippen molar-refractivity contribution in [2.75, 3.05) is 10.6 Å². The van der Waals surface area contributed by atoms with Crippen molar-refractivity contribution in [1.82, 2.24) is 9.97 Å². The molecule has 2 aromatic heterocycles. The predicted octanol–water partition coefficient (Wildman–Crippen LogP) is 9.86. The second-order valence-corrected chi connectivity index (χ2v) is 12.2. The number of hydrogen-bond acceptors (Lipinski definition) is 4. The molecule has 6 nitrogen and oxygen atoms in total. The summed E-state index contributed by atoms with van der Waals surface area (Å²) in [6, 6.07) is 38.9. The minimum Gasteiger partial charge on any atom is -0.322 e. The van der Waals surface area contributed by atoms with Gasteiger partial charge in [-0.2, -0.15) is 0 Å². The molecular weight excluding hydrogens is 592 g/mol. The molecule has 0 aliphatic heterocycles. The Morgan fingerprint density at radius 2 is 0.812 bits per heavy atom. The van der Waals surface area contributed by atoms with E-state index in [-0.39, 0.29) is 11.8 Å². The second-order valence-electron chi connectivity index (χ2n) is 12.2. The van der Waals surface area contributed by atoms with Gasteiger partial charge in [0.15, 0.2) is 0 Å². The van der Waals surface area contributed by atoms with Crippen molar-refractivity contribution in [3.8, 4) is 22.5 Å². The number of nitrogens with zero attached hydrogens (tertiary/aromatic N) is 2. The Labute approximate surface area is 279 Å². The number of amides is 2. The lowest BCUT2D eigenvalue weighted by Gasteiger charge is -2.16. The molecule has 0 spiro atoms. The number of fused-ring (bicyclic) bond motifs is 2. The van der Waals surface area contributed by atoms with Crippen LogP contribution in [0.3, 0.4) is 0 Å². The Morgan fingerprint density at radius 3 is 1.19 bits per heavy atom. The highest BCUT2D eigenvalue weighted by atomic mass is 16.2. The van der Waals surface area contributed by atoms with Gasteiger partial charge in [0.1, 0.15) is 0 Å². The Bertz CT molecular complexity index is 2180. The first kappa shape index (κ1) is 30.5. The number of para-hydroxylation sites is 2. The van der Waals surface area contributed by atoms with E-state index in [9.17, 15) is 9.59 Å². The number of rotatable bonds is 6. The van der Waals surface area contributed by atoms with E-state index < -0.39 is 0 Å². The van der Waals surface area contributed by atoms with Crippen LogP contribution >= 0.6 is 0 Å². The van der Waals surface area contributed by atoms with E-state index in [1.807, 2.05) is 125 Å². The molecule has 0 bridgehead atoms. The number of anilines is 2. The lowest BCUT2D eigenvalue weighted by molar-refractivity contribution is 0.101. The molecular formula is C42H34N4O2. The molecule has 0 saturated heterocycles.